The Morgan fingerprint density at radius 1 is 1.48 bits per heavy atom. The van der Waals surface area contributed by atoms with E-state index >= 15 is 0 Å². The number of carboxylic acid groups (broad SMARTS) is 1. The fraction of sp³-hybridized carbons (Fsp3) is 0.250. The van der Waals surface area contributed by atoms with Gasteiger partial charge in [0.25, 0.3) is 0 Å². The summed E-state index contributed by atoms with van der Waals surface area (Å²) in [6, 6.07) is 1.10. The molecule has 9 heteroatoms. The van der Waals surface area contributed by atoms with E-state index in [-0.39, 0.29) is 12.4 Å². The first kappa shape index (κ1) is 14.4. The van der Waals surface area contributed by atoms with E-state index in [4.69, 9.17) is 9.52 Å². The summed E-state index contributed by atoms with van der Waals surface area (Å²) in [4.78, 5) is 28.7. The molecule has 0 unspecified atom stereocenters. The van der Waals surface area contributed by atoms with E-state index in [1.165, 1.54) is 0 Å². The summed E-state index contributed by atoms with van der Waals surface area (Å²) in [5.41, 5.74) is -0.989. The number of anilines is 1. The monoisotopic (exact) mass is 292 g/mol. The molecule has 21 heavy (non-hydrogen) atoms. The first-order chi connectivity index (χ1) is 10.0. The number of rotatable bonds is 6. The predicted octanol–water partition coefficient (Wildman–Crippen LogP) is 1.85. The zero-order valence-corrected chi connectivity index (χ0v) is 11.1. The summed E-state index contributed by atoms with van der Waals surface area (Å²) >= 11 is 0. The number of aromatic carboxylic acids is 1. The van der Waals surface area contributed by atoms with E-state index in [0.717, 1.165) is 18.0 Å². The normalized spacial score (nSPS) is 10.3. The molecule has 110 valence electrons. The molecule has 0 fully saturated rings. The highest BCUT2D eigenvalue weighted by atomic mass is 16.6. The number of hydrogen-bond acceptors (Lipinski definition) is 7. The Labute approximate surface area is 118 Å². The van der Waals surface area contributed by atoms with E-state index in [1.807, 2.05) is 6.92 Å². The molecule has 2 rings (SSSR count). The summed E-state index contributed by atoms with van der Waals surface area (Å²) in [7, 11) is 0. The van der Waals surface area contributed by atoms with Crippen molar-refractivity contribution in [2.45, 2.75) is 19.9 Å². The van der Waals surface area contributed by atoms with Crippen LogP contribution in [0.1, 0.15) is 28.9 Å². The van der Waals surface area contributed by atoms with Crippen LogP contribution in [-0.2, 0) is 13.0 Å². The van der Waals surface area contributed by atoms with Gasteiger partial charge in [-0.25, -0.2) is 14.8 Å². The quantitative estimate of drug-likeness (QED) is 0.609. The van der Waals surface area contributed by atoms with Crippen LogP contribution in [0.25, 0.3) is 0 Å². The van der Waals surface area contributed by atoms with Crippen molar-refractivity contribution >= 4 is 17.5 Å². The van der Waals surface area contributed by atoms with Crippen molar-refractivity contribution in [2.75, 3.05) is 5.32 Å². The van der Waals surface area contributed by atoms with Crippen LogP contribution in [0.4, 0.5) is 11.5 Å². The van der Waals surface area contributed by atoms with Crippen molar-refractivity contribution in [3.63, 3.8) is 0 Å². The number of aromatic nitrogens is 2. The van der Waals surface area contributed by atoms with Gasteiger partial charge in [-0.15, -0.1) is 0 Å². The summed E-state index contributed by atoms with van der Waals surface area (Å²) in [5.74, 6) is -0.0515. The van der Waals surface area contributed by atoms with E-state index in [9.17, 15) is 14.9 Å². The van der Waals surface area contributed by atoms with Crippen molar-refractivity contribution in [2.24, 2.45) is 0 Å². The summed E-state index contributed by atoms with van der Waals surface area (Å²) in [5, 5.41) is 22.5. The lowest BCUT2D eigenvalue weighted by atomic mass is 10.2. The molecule has 0 saturated heterocycles. The number of pyridine rings is 1. The van der Waals surface area contributed by atoms with E-state index in [0.29, 0.717) is 12.3 Å². The third-order valence-corrected chi connectivity index (χ3v) is 2.68. The highest BCUT2D eigenvalue weighted by molar-refractivity contribution is 5.93. The molecule has 0 saturated carbocycles. The second-order valence-electron chi connectivity index (χ2n) is 4.08. The minimum atomic E-state index is -1.39. The van der Waals surface area contributed by atoms with Crippen molar-refractivity contribution in [3.05, 3.63) is 45.8 Å². The molecular formula is C12H12N4O5. The van der Waals surface area contributed by atoms with Crippen LogP contribution in [0.5, 0.6) is 0 Å². The van der Waals surface area contributed by atoms with Gasteiger partial charge in [0.15, 0.2) is 0 Å². The number of nitrogens with one attached hydrogen (secondary N) is 1. The van der Waals surface area contributed by atoms with Gasteiger partial charge in [0.2, 0.25) is 5.89 Å². The lowest BCUT2D eigenvalue weighted by Gasteiger charge is -2.04. The molecule has 2 aromatic rings. The van der Waals surface area contributed by atoms with E-state index in [1.54, 1.807) is 6.20 Å². The van der Waals surface area contributed by atoms with Crippen LogP contribution in [0.15, 0.2) is 22.9 Å². The number of carbonyl (C=O) groups is 1. The highest BCUT2D eigenvalue weighted by Gasteiger charge is 2.21. The van der Waals surface area contributed by atoms with Gasteiger partial charge in [-0.2, -0.15) is 0 Å². The number of carboxylic acids is 1. The third kappa shape index (κ3) is 3.32. The van der Waals surface area contributed by atoms with Crippen LogP contribution in [-0.4, -0.2) is 26.0 Å². The van der Waals surface area contributed by atoms with Crippen molar-refractivity contribution in [3.8, 4) is 0 Å². The summed E-state index contributed by atoms with van der Waals surface area (Å²) in [6.07, 6.45) is 3.22. The molecule has 2 heterocycles. The van der Waals surface area contributed by atoms with Gasteiger partial charge >= 0.3 is 11.7 Å². The first-order valence-electron chi connectivity index (χ1n) is 6.06. The standard InChI is InChI=1S/C12H12N4O5/c1-2-7-4-15-11(21-7)6-14-10-3-8(12(17)18)9(5-13-10)16(19)20/h3-5H,2,6H2,1H3,(H,13,14)(H,17,18). The second kappa shape index (κ2) is 5.99. The Morgan fingerprint density at radius 2 is 2.24 bits per heavy atom. The van der Waals surface area contributed by atoms with Gasteiger partial charge < -0.3 is 14.8 Å². The first-order valence-corrected chi connectivity index (χ1v) is 6.06. The third-order valence-electron chi connectivity index (χ3n) is 2.68. The Hall–Kier alpha value is -2.97. The molecule has 2 N–H and O–H groups in total. The molecular weight excluding hydrogens is 280 g/mol. The van der Waals surface area contributed by atoms with Crippen LogP contribution in [0, 0.1) is 10.1 Å². The maximum atomic E-state index is 11.0. The van der Waals surface area contributed by atoms with E-state index in [2.05, 4.69) is 15.3 Å². The lowest BCUT2D eigenvalue weighted by Crippen LogP contribution is -2.07. The molecule has 0 radical (unpaired) electrons. The van der Waals surface area contributed by atoms with Gasteiger partial charge in [-0.05, 0) is 0 Å². The van der Waals surface area contributed by atoms with Crippen LogP contribution in [0.3, 0.4) is 0 Å². The Kier molecular flexibility index (Phi) is 4.12. The lowest BCUT2D eigenvalue weighted by molar-refractivity contribution is -0.385. The number of aryl methyl sites for hydroxylation is 1. The SMILES string of the molecule is CCc1cnc(CNc2cc(C(=O)O)c([N+](=O)[O-])cn2)o1. The molecule has 0 aliphatic rings. The van der Waals surface area contributed by atoms with Gasteiger partial charge in [0.1, 0.15) is 23.3 Å². The van der Waals surface area contributed by atoms with Gasteiger partial charge in [0, 0.05) is 12.5 Å². The maximum absolute atomic E-state index is 11.0. The summed E-state index contributed by atoms with van der Waals surface area (Å²) < 4.78 is 5.37. The van der Waals surface area contributed by atoms with Gasteiger partial charge in [-0.3, -0.25) is 10.1 Å². The average Bonchev–Trinajstić information content (AvgIpc) is 2.92. The molecule has 9 nitrogen and oxygen atoms in total. The highest BCUT2D eigenvalue weighted by Crippen LogP contribution is 2.20. The molecule has 0 amide bonds. The van der Waals surface area contributed by atoms with E-state index < -0.39 is 22.1 Å². The minimum Gasteiger partial charge on any atom is -0.477 e. The van der Waals surface area contributed by atoms with Crippen molar-refractivity contribution in [1.29, 1.82) is 0 Å². The fourth-order valence-electron chi connectivity index (χ4n) is 1.62. The Morgan fingerprint density at radius 3 is 2.81 bits per heavy atom. The van der Waals surface area contributed by atoms with Crippen molar-refractivity contribution in [1.82, 2.24) is 9.97 Å². The van der Waals surface area contributed by atoms with Crippen LogP contribution in [0.2, 0.25) is 0 Å². The summed E-state index contributed by atoms with van der Waals surface area (Å²) in [6.45, 7) is 2.12. The molecule has 0 aliphatic carbocycles. The zero-order valence-electron chi connectivity index (χ0n) is 11.1. The topological polar surface area (TPSA) is 131 Å². The molecule has 0 atom stereocenters. The molecule has 2 aromatic heterocycles. The molecule has 0 aliphatic heterocycles. The van der Waals surface area contributed by atoms with Gasteiger partial charge in [0.05, 0.1) is 17.7 Å². The number of oxazole rings is 1. The minimum absolute atomic E-state index is 0.189. The second-order valence-corrected chi connectivity index (χ2v) is 4.08. The number of hydrogen-bond donors (Lipinski definition) is 2. The van der Waals surface area contributed by atoms with Crippen LogP contribution < -0.4 is 5.32 Å². The van der Waals surface area contributed by atoms with Gasteiger partial charge in [-0.1, -0.05) is 6.92 Å². The Balaban J connectivity index is 2.15. The zero-order chi connectivity index (χ0) is 15.4. The fourth-order valence-corrected chi connectivity index (χ4v) is 1.62. The predicted molar refractivity (Wildman–Crippen MR) is 71.1 cm³/mol. The number of nitro groups is 1. The maximum Gasteiger partial charge on any atom is 0.342 e. The van der Waals surface area contributed by atoms with Crippen LogP contribution >= 0.6 is 0 Å². The number of nitrogens with zero attached hydrogens (tertiary/aromatic N) is 3. The Bertz CT molecular complexity index is 682. The molecule has 0 spiro atoms. The molecule has 0 aromatic carbocycles. The smallest absolute Gasteiger partial charge is 0.342 e. The molecule has 0 bridgehead atoms. The average molecular weight is 292 g/mol. The van der Waals surface area contributed by atoms with Crippen molar-refractivity contribution < 1.29 is 19.2 Å². The largest absolute Gasteiger partial charge is 0.477 e.